The van der Waals surface area contributed by atoms with Crippen molar-refractivity contribution in [2.75, 3.05) is 25.1 Å². The van der Waals surface area contributed by atoms with Gasteiger partial charge in [0.05, 0.1) is 30.0 Å². The van der Waals surface area contributed by atoms with E-state index in [0.717, 1.165) is 53.9 Å². The summed E-state index contributed by atoms with van der Waals surface area (Å²) in [5.74, 6) is -0.531. The van der Waals surface area contributed by atoms with Gasteiger partial charge in [-0.2, -0.15) is 5.26 Å². The minimum Gasteiger partial charge on any atom is -0.494 e. The fourth-order valence-corrected chi connectivity index (χ4v) is 4.82. The number of anilines is 1. The van der Waals surface area contributed by atoms with Gasteiger partial charge in [-0.1, -0.05) is 0 Å². The van der Waals surface area contributed by atoms with E-state index in [-0.39, 0.29) is 17.6 Å². The Morgan fingerprint density at radius 2 is 1.74 bits per heavy atom. The normalized spacial score (nSPS) is 14.1. The maximum atomic E-state index is 14.6. The van der Waals surface area contributed by atoms with E-state index < -0.39 is 5.82 Å². The average Bonchev–Trinajstić information content (AvgIpc) is 3.27. The van der Waals surface area contributed by atoms with Crippen LogP contribution in [0.15, 0.2) is 66.7 Å². The van der Waals surface area contributed by atoms with Gasteiger partial charge in [-0.3, -0.25) is 4.79 Å². The third-order valence-corrected chi connectivity index (χ3v) is 6.75. The third-order valence-electron chi connectivity index (χ3n) is 6.75. The molecule has 0 spiro atoms. The lowest BCUT2D eigenvalue weighted by molar-refractivity contribution is -0.122. The fourth-order valence-electron chi connectivity index (χ4n) is 4.82. The number of benzene rings is 3. The van der Waals surface area contributed by atoms with Gasteiger partial charge in [0.25, 0.3) is 0 Å². The van der Waals surface area contributed by atoms with Crippen LogP contribution in [-0.4, -0.2) is 30.7 Å². The second-order valence-electron chi connectivity index (χ2n) is 8.78. The largest absolute Gasteiger partial charge is 0.494 e. The SMILES string of the molecule is COc1ccc(-c2cc3cc(N4CCC(C(N)=O)CC4)ccc3n2-c2ccc(C#N)cc2)cc1F. The van der Waals surface area contributed by atoms with E-state index in [0.29, 0.717) is 11.1 Å². The smallest absolute Gasteiger partial charge is 0.220 e. The lowest BCUT2D eigenvalue weighted by Crippen LogP contribution is -2.38. The van der Waals surface area contributed by atoms with Crippen molar-refractivity contribution in [2.45, 2.75) is 12.8 Å². The van der Waals surface area contributed by atoms with Crippen molar-refractivity contribution in [3.05, 3.63) is 78.1 Å². The summed E-state index contributed by atoms with van der Waals surface area (Å²) in [6.07, 6.45) is 1.49. The van der Waals surface area contributed by atoms with Crippen LogP contribution in [0.2, 0.25) is 0 Å². The van der Waals surface area contributed by atoms with Crippen LogP contribution in [0.3, 0.4) is 0 Å². The van der Waals surface area contributed by atoms with Gasteiger partial charge in [0.15, 0.2) is 11.6 Å². The molecule has 0 bridgehead atoms. The molecule has 2 N–H and O–H groups in total. The number of carbonyl (C=O) groups excluding carboxylic acids is 1. The number of amides is 1. The molecule has 3 aromatic carbocycles. The molecule has 0 saturated carbocycles. The standard InChI is InChI=1S/C28H25FN4O2/c1-35-27-9-4-20(15-24(27)29)26-16-21-14-23(32-12-10-19(11-13-32)28(31)34)7-8-25(21)33(26)22-5-2-18(17-30)3-6-22/h2-9,14-16,19H,10-13H2,1H3,(H2,31,34). The molecule has 0 atom stereocenters. The van der Waals surface area contributed by atoms with E-state index in [1.807, 2.05) is 18.2 Å². The van der Waals surface area contributed by atoms with Gasteiger partial charge in [-0.15, -0.1) is 0 Å². The van der Waals surface area contributed by atoms with E-state index in [2.05, 4.69) is 39.8 Å². The molecule has 4 aromatic rings. The first-order valence-corrected chi connectivity index (χ1v) is 11.5. The van der Waals surface area contributed by atoms with Crippen molar-refractivity contribution in [3.8, 4) is 28.8 Å². The minimum atomic E-state index is -0.431. The van der Waals surface area contributed by atoms with E-state index in [1.54, 1.807) is 18.2 Å². The van der Waals surface area contributed by atoms with Crippen LogP contribution < -0.4 is 15.4 Å². The van der Waals surface area contributed by atoms with Crippen molar-refractivity contribution in [3.63, 3.8) is 0 Å². The second kappa shape index (κ2) is 9.15. The van der Waals surface area contributed by atoms with Gasteiger partial charge in [-0.05, 0) is 79.6 Å². The number of aromatic nitrogens is 1. The van der Waals surface area contributed by atoms with Gasteiger partial charge in [0.1, 0.15) is 0 Å². The Hall–Kier alpha value is -4.31. The van der Waals surface area contributed by atoms with Crippen LogP contribution in [0, 0.1) is 23.1 Å². The Kier molecular flexibility index (Phi) is 5.87. The molecule has 1 fully saturated rings. The second-order valence-corrected chi connectivity index (χ2v) is 8.78. The molecule has 1 aromatic heterocycles. The quantitative estimate of drug-likeness (QED) is 0.446. The Morgan fingerprint density at radius 3 is 2.37 bits per heavy atom. The Morgan fingerprint density at radius 1 is 1.03 bits per heavy atom. The first kappa shape index (κ1) is 22.5. The van der Waals surface area contributed by atoms with Crippen LogP contribution in [0.1, 0.15) is 18.4 Å². The molecule has 2 heterocycles. The summed E-state index contributed by atoms with van der Waals surface area (Å²) in [6.45, 7) is 1.54. The number of nitriles is 1. The molecule has 7 heteroatoms. The maximum Gasteiger partial charge on any atom is 0.220 e. The fraction of sp³-hybridized carbons (Fsp3) is 0.214. The molecule has 1 saturated heterocycles. The van der Waals surface area contributed by atoms with Gasteiger partial charge >= 0.3 is 0 Å². The number of primary amides is 1. The zero-order valence-corrected chi connectivity index (χ0v) is 19.4. The highest BCUT2D eigenvalue weighted by Gasteiger charge is 2.24. The number of hydrogen-bond acceptors (Lipinski definition) is 4. The van der Waals surface area contributed by atoms with Gasteiger partial charge in [0.2, 0.25) is 5.91 Å². The van der Waals surface area contributed by atoms with Crippen LogP contribution in [-0.2, 0) is 4.79 Å². The summed E-state index contributed by atoms with van der Waals surface area (Å²) in [7, 11) is 1.44. The van der Waals surface area contributed by atoms with E-state index >= 15 is 0 Å². The number of ether oxygens (including phenoxy) is 1. The van der Waals surface area contributed by atoms with E-state index in [9.17, 15) is 14.4 Å². The van der Waals surface area contributed by atoms with Gasteiger partial charge < -0.3 is 19.9 Å². The minimum absolute atomic E-state index is 0.0657. The highest BCUT2D eigenvalue weighted by Crippen LogP contribution is 2.36. The summed E-state index contributed by atoms with van der Waals surface area (Å²) >= 11 is 0. The number of piperidine rings is 1. The average molecular weight is 469 g/mol. The number of hydrogen-bond donors (Lipinski definition) is 1. The lowest BCUT2D eigenvalue weighted by Gasteiger charge is -2.32. The Bertz CT molecular complexity index is 1440. The number of halogens is 1. The van der Waals surface area contributed by atoms with Crippen molar-refractivity contribution in [1.29, 1.82) is 5.26 Å². The zero-order valence-electron chi connectivity index (χ0n) is 19.4. The number of nitrogens with two attached hydrogens (primary N) is 1. The van der Waals surface area contributed by atoms with E-state index in [1.165, 1.54) is 13.2 Å². The van der Waals surface area contributed by atoms with Crippen molar-refractivity contribution < 1.29 is 13.9 Å². The molecule has 176 valence electrons. The molecular weight excluding hydrogens is 443 g/mol. The highest BCUT2D eigenvalue weighted by atomic mass is 19.1. The van der Waals surface area contributed by atoms with Crippen LogP contribution >= 0.6 is 0 Å². The predicted octanol–water partition coefficient (Wildman–Crippen LogP) is 5.02. The summed E-state index contributed by atoms with van der Waals surface area (Å²) in [6, 6.07) is 22.7. The number of fused-ring (bicyclic) bond motifs is 1. The molecule has 1 aliphatic heterocycles. The first-order valence-electron chi connectivity index (χ1n) is 11.5. The summed E-state index contributed by atoms with van der Waals surface area (Å²) in [4.78, 5) is 13.8. The highest BCUT2D eigenvalue weighted by molar-refractivity contribution is 5.91. The molecular formula is C28H25FN4O2. The summed E-state index contributed by atoms with van der Waals surface area (Å²) in [5, 5.41) is 10.2. The monoisotopic (exact) mass is 468 g/mol. The number of nitrogens with zero attached hydrogens (tertiary/aromatic N) is 3. The lowest BCUT2D eigenvalue weighted by atomic mass is 9.96. The zero-order chi connectivity index (χ0) is 24.5. The Labute approximate surface area is 202 Å². The number of carbonyl (C=O) groups is 1. The molecule has 1 aliphatic rings. The third kappa shape index (κ3) is 4.19. The number of rotatable bonds is 5. The molecule has 35 heavy (non-hydrogen) atoms. The summed E-state index contributed by atoms with van der Waals surface area (Å²) < 4.78 is 21.8. The molecule has 0 unspecified atom stereocenters. The first-order chi connectivity index (χ1) is 17.0. The van der Waals surface area contributed by atoms with Gasteiger partial charge in [-0.25, -0.2) is 4.39 Å². The van der Waals surface area contributed by atoms with Gasteiger partial charge in [0, 0.05) is 41.3 Å². The van der Waals surface area contributed by atoms with Crippen molar-refractivity contribution >= 4 is 22.5 Å². The van der Waals surface area contributed by atoms with Crippen LogP contribution in [0.25, 0.3) is 27.8 Å². The topological polar surface area (TPSA) is 84.3 Å². The number of methoxy groups -OCH3 is 1. The molecule has 0 radical (unpaired) electrons. The van der Waals surface area contributed by atoms with Crippen molar-refractivity contribution in [2.24, 2.45) is 11.7 Å². The summed E-state index contributed by atoms with van der Waals surface area (Å²) in [5.41, 5.74) is 10.5. The van der Waals surface area contributed by atoms with Crippen molar-refractivity contribution in [1.82, 2.24) is 4.57 Å². The van der Waals surface area contributed by atoms with E-state index in [4.69, 9.17) is 10.5 Å². The maximum absolute atomic E-state index is 14.6. The Balaban J connectivity index is 1.61. The molecule has 5 rings (SSSR count). The molecule has 1 amide bonds. The predicted molar refractivity (Wildman–Crippen MR) is 134 cm³/mol. The van der Waals surface area contributed by atoms with Crippen LogP contribution in [0.5, 0.6) is 5.75 Å². The molecule has 6 nitrogen and oxygen atoms in total. The van der Waals surface area contributed by atoms with Crippen LogP contribution in [0.4, 0.5) is 10.1 Å². The molecule has 0 aliphatic carbocycles.